The zero-order valence-electron chi connectivity index (χ0n) is 11.7. The van der Waals surface area contributed by atoms with Gasteiger partial charge < -0.3 is 14.4 Å². The number of hydroxylamine groups is 2. The van der Waals surface area contributed by atoms with Gasteiger partial charge in [-0.2, -0.15) is 4.39 Å². The molecule has 2 aromatic rings. The number of phenols is 1. The molecule has 10 heteroatoms. The summed E-state index contributed by atoms with van der Waals surface area (Å²) in [5.41, 5.74) is -2.89. The van der Waals surface area contributed by atoms with Crippen molar-refractivity contribution in [3.05, 3.63) is 39.8 Å². The molecule has 2 heterocycles. The molecule has 0 unspecified atom stereocenters. The van der Waals surface area contributed by atoms with Crippen LogP contribution in [0.5, 0.6) is 5.75 Å². The van der Waals surface area contributed by atoms with Crippen LogP contribution in [0.2, 0.25) is 0 Å². The van der Waals surface area contributed by atoms with Gasteiger partial charge in [0.25, 0.3) is 11.8 Å². The molecule has 8 nitrogen and oxygen atoms in total. The van der Waals surface area contributed by atoms with E-state index in [-0.39, 0.29) is 23.3 Å². The molecule has 1 aliphatic rings. The fourth-order valence-corrected chi connectivity index (χ4v) is 2.11. The largest absolute Gasteiger partial charge is 0.503 e. The SMILES string of the molecule is O=C(ON1C(=O)CCC1=O)c1cc2cc(F)c(O)c(F)c2oc1=O. The minimum absolute atomic E-state index is 0.145. The van der Waals surface area contributed by atoms with E-state index in [0.717, 1.165) is 6.07 Å². The maximum atomic E-state index is 13.7. The number of carbonyl (C=O) groups excluding carboxylic acids is 3. The molecule has 1 aromatic carbocycles. The van der Waals surface area contributed by atoms with Gasteiger partial charge in [-0.15, -0.1) is 5.06 Å². The van der Waals surface area contributed by atoms with Crippen molar-refractivity contribution < 1.29 is 37.5 Å². The second-order valence-corrected chi connectivity index (χ2v) is 4.85. The van der Waals surface area contributed by atoms with Crippen molar-refractivity contribution in [1.82, 2.24) is 5.06 Å². The van der Waals surface area contributed by atoms with Crippen molar-refractivity contribution in [1.29, 1.82) is 0 Å². The fourth-order valence-electron chi connectivity index (χ4n) is 2.11. The van der Waals surface area contributed by atoms with Crippen LogP contribution in [-0.4, -0.2) is 28.0 Å². The smallest absolute Gasteiger partial charge is 0.371 e. The minimum Gasteiger partial charge on any atom is -0.503 e. The number of aromatic hydroxyl groups is 1. The molecule has 0 radical (unpaired) electrons. The number of fused-ring (bicyclic) bond motifs is 1. The molecular weight excluding hydrogens is 332 g/mol. The summed E-state index contributed by atoms with van der Waals surface area (Å²) < 4.78 is 31.6. The Labute approximate surface area is 130 Å². The average molecular weight is 339 g/mol. The standard InChI is InChI=1S/C14H7F2NO7/c15-7-4-5-3-6(13(21)23-12(5)10(16)11(7)20)14(22)24-17-8(18)1-2-9(17)19/h3-4,20H,1-2H2. The Bertz CT molecular complexity index is 950. The van der Waals surface area contributed by atoms with E-state index in [1.165, 1.54) is 0 Å². The lowest BCUT2D eigenvalue weighted by atomic mass is 10.1. The van der Waals surface area contributed by atoms with E-state index in [0.29, 0.717) is 6.07 Å². The average Bonchev–Trinajstić information content (AvgIpc) is 2.85. The lowest BCUT2D eigenvalue weighted by Crippen LogP contribution is -2.33. The quantitative estimate of drug-likeness (QED) is 0.641. The van der Waals surface area contributed by atoms with Crippen LogP contribution in [0.15, 0.2) is 21.3 Å². The summed E-state index contributed by atoms with van der Waals surface area (Å²) in [6.45, 7) is 0. The zero-order chi connectivity index (χ0) is 17.6. The Morgan fingerprint density at radius 3 is 2.42 bits per heavy atom. The van der Waals surface area contributed by atoms with Crippen molar-refractivity contribution in [2.75, 3.05) is 0 Å². The molecule has 0 aliphatic carbocycles. The van der Waals surface area contributed by atoms with Crippen molar-refractivity contribution in [3.63, 3.8) is 0 Å². The van der Waals surface area contributed by atoms with Gasteiger partial charge in [0.1, 0.15) is 5.56 Å². The van der Waals surface area contributed by atoms with Gasteiger partial charge >= 0.3 is 11.6 Å². The number of phenolic OH excluding ortho intramolecular Hbond substituents is 1. The topological polar surface area (TPSA) is 114 Å². The Morgan fingerprint density at radius 2 is 1.79 bits per heavy atom. The van der Waals surface area contributed by atoms with Gasteiger partial charge in [0.15, 0.2) is 17.1 Å². The summed E-state index contributed by atoms with van der Waals surface area (Å²) in [6.07, 6.45) is -0.289. The first-order chi connectivity index (χ1) is 11.3. The Balaban J connectivity index is 2.03. The van der Waals surface area contributed by atoms with Gasteiger partial charge in [-0.3, -0.25) is 9.59 Å². The van der Waals surface area contributed by atoms with Crippen LogP contribution in [-0.2, 0) is 14.4 Å². The molecule has 1 N–H and O–H groups in total. The van der Waals surface area contributed by atoms with Gasteiger partial charge in [0.2, 0.25) is 5.82 Å². The first-order valence-corrected chi connectivity index (χ1v) is 6.52. The number of nitrogens with zero attached hydrogens (tertiary/aromatic N) is 1. The number of amides is 2. The van der Waals surface area contributed by atoms with Crippen molar-refractivity contribution >= 4 is 28.8 Å². The third-order valence-electron chi connectivity index (χ3n) is 3.29. The highest BCUT2D eigenvalue weighted by Gasteiger charge is 2.34. The fraction of sp³-hybridized carbons (Fsp3) is 0.143. The monoisotopic (exact) mass is 339 g/mol. The highest BCUT2D eigenvalue weighted by atomic mass is 19.1. The Hall–Kier alpha value is -3.30. The van der Waals surface area contributed by atoms with E-state index in [4.69, 9.17) is 5.11 Å². The first kappa shape index (κ1) is 15.6. The van der Waals surface area contributed by atoms with Crippen LogP contribution >= 0.6 is 0 Å². The highest BCUT2D eigenvalue weighted by Crippen LogP contribution is 2.28. The number of rotatable bonds is 2. The number of halogens is 2. The number of carbonyl (C=O) groups is 3. The Kier molecular flexibility index (Phi) is 3.51. The molecule has 0 bridgehead atoms. The molecule has 1 saturated heterocycles. The third kappa shape index (κ3) is 2.37. The lowest BCUT2D eigenvalue weighted by molar-refractivity contribution is -0.172. The van der Waals surface area contributed by atoms with E-state index < -0.39 is 51.9 Å². The predicted molar refractivity (Wildman–Crippen MR) is 70.6 cm³/mol. The van der Waals surface area contributed by atoms with E-state index in [1.54, 1.807) is 0 Å². The van der Waals surface area contributed by atoms with E-state index in [1.807, 2.05) is 0 Å². The van der Waals surface area contributed by atoms with Crippen LogP contribution in [0.3, 0.4) is 0 Å². The summed E-state index contributed by atoms with van der Waals surface area (Å²) in [5.74, 6) is -7.11. The number of imide groups is 1. The summed E-state index contributed by atoms with van der Waals surface area (Å²) in [4.78, 5) is 51.0. The van der Waals surface area contributed by atoms with Gasteiger partial charge in [-0.1, -0.05) is 0 Å². The molecule has 0 saturated carbocycles. The van der Waals surface area contributed by atoms with Crippen LogP contribution in [0.4, 0.5) is 8.78 Å². The molecule has 124 valence electrons. The summed E-state index contributed by atoms with van der Waals surface area (Å²) in [6, 6.07) is 1.40. The number of benzene rings is 1. The second-order valence-electron chi connectivity index (χ2n) is 4.85. The van der Waals surface area contributed by atoms with Crippen LogP contribution in [0.25, 0.3) is 11.0 Å². The molecular formula is C14H7F2NO7. The lowest BCUT2D eigenvalue weighted by Gasteiger charge is -2.12. The van der Waals surface area contributed by atoms with Crippen LogP contribution < -0.4 is 5.63 Å². The van der Waals surface area contributed by atoms with Crippen molar-refractivity contribution in [3.8, 4) is 5.75 Å². The highest BCUT2D eigenvalue weighted by molar-refractivity contribution is 6.03. The third-order valence-corrected chi connectivity index (χ3v) is 3.29. The second kappa shape index (κ2) is 5.41. The Morgan fingerprint density at radius 1 is 1.17 bits per heavy atom. The normalized spacial score (nSPS) is 14.5. The zero-order valence-corrected chi connectivity index (χ0v) is 11.7. The molecule has 0 atom stereocenters. The molecule has 2 amide bonds. The van der Waals surface area contributed by atoms with Crippen molar-refractivity contribution in [2.45, 2.75) is 12.8 Å². The molecule has 0 spiro atoms. The van der Waals surface area contributed by atoms with E-state index >= 15 is 0 Å². The van der Waals surface area contributed by atoms with Crippen LogP contribution in [0.1, 0.15) is 23.2 Å². The summed E-state index contributed by atoms with van der Waals surface area (Å²) >= 11 is 0. The number of hydrogen-bond donors (Lipinski definition) is 1. The molecule has 24 heavy (non-hydrogen) atoms. The molecule has 1 aliphatic heterocycles. The van der Waals surface area contributed by atoms with Crippen LogP contribution in [0, 0.1) is 11.6 Å². The van der Waals surface area contributed by atoms with Gasteiger partial charge in [0, 0.05) is 18.2 Å². The van der Waals surface area contributed by atoms with Gasteiger partial charge in [0.05, 0.1) is 0 Å². The first-order valence-electron chi connectivity index (χ1n) is 6.52. The maximum absolute atomic E-state index is 13.7. The molecule has 3 rings (SSSR count). The molecule has 1 fully saturated rings. The van der Waals surface area contributed by atoms with E-state index in [9.17, 15) is 28.0 Å². The minimum atomic E-state index is -1.51. The summed E-state index contributed by atoms with van der Waals surface area (Å²) in [5, 5.41) is 9.01. The predicted octanol–water partition coefficient (Wildman–Crippen LogP) is 0.998. The maximum Gasteiger partial charge on any atom is 0.371 e. The van der Waals surface area contributed by atoms with Crippen molar-refractivity contribution in [2.24, 2.45) is 0 Å². The van der Waals surface area contributed by atoms with Gasteiger partial charge in [-0.05, 0) is 12.1 Å². The summed E-state index contributed by atoms with van der Waals surface area (Å²) in [7, 11) is 0. The number of hydrogen-bond acceptors (Lipinski definition) is 7. The van der Waals surface area contributed by atoms with E-state index in [2.05, 4.69) is 9.25 Å². The molecule has 1 aromatic heterocycles. The van der Waals surface area contributed by atoms with Gasteiger partial charge in [-0.25, -0.2) is 14.0 Å².